The number of ether oxygens (including phenoxy) is 1. The van der Waals surface area contributed by atoms with Crippen molar-refractivity contribution < 1.29 is 9.53 Å². The summed E-state index contributed by atoms with van der Waals surface area (Å²) in [7, 11) is 7.38. The molecule has 0 fully saturated rings. The minimum atomic E-state index is -0.272. The third-order valence-corrected chi connectivity index (χ3v) is 2.01. The Bertz CT molecular complexity index is 158. The highest BCUT2D eigenvalue weighted by Crippen LogP contribution is 1.98. The number of hydrogen-bond acceptors (Lipinski definition) is 3. The molecule has 4 nitrogen and oxygen atoms in total. The molecule has 13 heavy (non-hydrogen) atoms. The Morgan fingerprint density at radius 2 is 1.85 bits per heavy atom. The maximum Gasteiger partial charge on any atom is 0.409 e. The first-order chi connectivity index (χ1) is 5.95. The van der Waals surface area contributed by atoms with Crippen LogP contribution in [0, 0.1) is 0 Å². The van der Waals surface area contributed by atoms with Crippen molar-refractivity contribution in [3.05, 3.63) is 0 Å². The van der Waals surface area contributed by atoms with Crippen LogP contribution in [-0.2, 0) is 4.74 Å². The van der Waals surface area contributed by atoms with Gasteiger partial charge in [0.25, 0.3) is 0 Å². The number of rotatable bonds is 4. The van der Waals surface area contributed by atoms with E-state index in [4.69, 9.17) is 4.74 Å². The van der Waals surface area contributed by atoms with Crippen LogP contribution in [0.5, 0.6) is 0 Å². The zero-order valence-electron chi connectivity index (χ0n) is 9.20. The third kappa shape index (κ3) is 5.47. The molecular weight excluding hydrogens is 168 g/mol. The normalized spacial score (nSPS) is 12.8. The highest BCUT2D eigenvalue weighted by Gasteiger charge is 2.07. The lowest BCUT2D eigenvalue weighted by atomic mass is 10.2. The van der Waals surface area contributed by atoms with Crippen molar-refractivity contribution >= 4 is 6.09 Å². The lowest BCUT2D eigenvalue weighted by Crippen LogP contribution is -2.28. The molecular formula is C9H20N2O2. The second-order valence-corrected chi connectivity index (χ2v) is 3.61. The molecule has 0 aromatic rings. The second-order valence-electron chi connectivity index (χ2n) is 3.61. The standard InChI is InChI=1S/C9H20N2O2/c1-8(10(2)3)6-7-13-9(12)11(4)5/h8H,6-7H2,1-5H3/t8-/m1/s1. The minimum absolute atomic E-state index is 0.272. The lowest BCUT2D eigenvalue weighted by Gasteiger charge is -2.19. The van der Waals surface area contributed by atoms with Gasteiger partial charge in [0.2, 0.25) is 0 Å². The molecule has 0 saturated heterocycles. The van der Waals surface area contributed by atoms with Gasteiger partial charge >= 0.3 is 6.09 Å². The Morgan fingerprint density at radius 1 is 1.31 bits per heavy atom. The van der Waals surface area contributed by atoms with Crippen molar-refractivity contribution in [1.29, 1.82) is 0 Å². The van der Waals surface area contributed by atoms with Crippen molar-refractivity contribution in [2.75, 3.05) is 34.8 Å². The summed E-state index contributed by atoms with van der Waals surface area (Å²) in [5.74, 6) is 0. The molecule has 0 unspecified atom stereocenters. The van der Waals surface area contributed by atoms with Crippen molar-refractivity contribution in [3.63, 3.8) is 0 Å². The van der Waals surface area contributed by atoms with E-state index in [9.17, 15) is 4.79 Å². The summed E-state index contributed by atoms with van der Waals surface area (Å²) in [4.78, 5) is 14.5. The third-order valence-electron chi connectivity index (χ3n) is 2.01. The summed E-state index contributed by atoms with van der Waals surface area (Å²) in [5, 5.41) is 0. The van der Waals surface area contributed by atoms with Gasteiger partial charge < -0.3 is 14.5 Å². The average molecular weight is 188 g/mol. The fraction of sp³-hybridized carbons (Fsp3) is 0.889. The van der Waals surface area contributed by atoms with E-state index in [0.29, 0.717) is 12.6 Å². The maximum atomic E-state index is 11.0. The molecule has 0 saturated carbocycles. The van der Waals surface area contributed by atoms with E-state index in [1.165, 1.54) is 4.90 Å². The minimum Gasteiger partial charge on any atom is -0.449 e. The van der Waals surface area contributed by atoms with Gasteiger partial charge in [0.05, 0.1) is 6.61 Å². The largest absolute Gasteiger partial charge is 0.449 e. The van der Waals surface area contributed by atoms with E-state index in [1.54, 1.807) is 14.1 Å². The molecule has 0 radical (unpaired) electrons. The topological polar surface area (TPSA) is 32.8 Å². The Labute approximate surface area is 80.5 Å². The van der Waals surface area contributed by atoms with Crippen molar-refractivity contribution in [1.82, 2.24) is 9.80 Å². The molecule has 0 bridgehead atoms. The van der Waals surface area contributed by atoms with Crippen molar-refractivity contribution in [2.24, 2.45) is 0 Å². The van der Waals surface area contributed by atoms with Crippen LogP contribution in [0.15, 0.2) is 0 Å². The van der Waals surface area contributed by atoms with Crippen LogP contribution in [0.1, 0.15) is 13.3 Å². The summed E-state index contributed by atoms with van der Waals surface area (Å²) in [6.07, 6.45) is 0.595. The summed E-state index contributed by atoms with van der Waals surface area (Å²) < 4.78 is 4.98. The number of nitrogens with zero attached hydrogens (tertiary/aromatic N) is 2. The van der Waals surface area contributed by atoms with Crippen LogP contribution in [-0.4, -0.2) is 56.7 Å². The van der Waals surface area contributed by atoms with Gasteiger partial charge in [-0.25, -0.2) is 4.79 Å². The molecule has 0 rings (SSSR count). The summed E-state index contributed by atoms with van der Waals surface area (Å²) in [6, 6.07) is 0.440. The van der Waals surface area contributed by atoms with Gasteiger partial charge in [-0.1, -0.05) is 0 Å². The molecule has 0 spiro atoms. The smallest absolute Gasteiger partial charge is 0.409 e. The molecule has 0 aromatic carbocycles. The van der Waals surface area contributed by atoms with E-state index >= 15 is 0 Å². The zero-order valence-corrected chi connectivity index (χ0v) is 9.20. The molecule has 78 valence electrons. The monoisotopic (exact) mass is 188 g/mol. The van der Waals surface area contributed by atoms with E-state index in [1.807, 2.05) is 14.1 Å². The van der Waals surface area contributed by atoms with Crippen LogP contribution in [0.2, 0.25) is 0 Å². The van der Waals surface area contributed by atoms with Gasteiger partial charge in [-0.3, -0.25) is 0 Å². The SMILES string of the molecule is C[C@H](CCOC(=O)N(C)C)N(C)C. The number of hydrogen-bond donors (Lipinski definition) is 0. The highest BCUT2D eigenvalue weighted by atomic mass is 16.6. The Morgan fingerprint density at radius 3 is 2.23 bits per heavy atom. The van der Waals surface area contributed by atoms with Gasteiger partial charge in [-0.15, -0.1) is 0 Å². The molecule has 1 atom stereocenters. The second kappa shape index (κ2) is 5.80. The van der Waals surface area contributed by atoms with E-state index in [2.05, 4.69) is 11.8 Å². The van der Waals surface area contributed by atoms with Crippen LogP contribution in [0.3, 0.4) is 0 Å². The molecule has 0 aliphatic heterocycles. The quantitative estimate of drug-likeness (QED) is 0.660. The Hall–Kier alpha value is -0.770. The predicted octanol–water partition coefficient (Wildman–Crippen LogP) is 1.02. The highest BCUT2D eigenvalue weighted by molar-refractivity contribution is 5.66. The average Bonchev–Trinajstić information content (AvgIpc) is 2.03. The summed E-state index contributed by atoms with van der Waals surface area (Å²) in [6.45, 7) is 2.58. The van der Waals surface area contributed by atoms with Crippen LogP contribution < -0.4 is 0 Å². The molecule has 0 aliphatic carbocycles. The van der Waals surface area contributed by atoms with Crippen LogP contribution in [0.25, 0.3) is 0 Å². The number of amides is 1. The summed E-state index contributed by atoms with van der Waals surface area (Å²) >= 11 is 0. The number of carbonyl (C=O) groups is 1. The van der Waals surface area contributed by atoms with Crippen LogP contribution in [0.4, 0.5) is 4.79 Å². The molecule has 0 heterocycles. The van der Waals surface area contributed by atoms with Gasteiger partial charge in [0.1, 0.15) is 0 Å². The first-order valence-electron chi connectivity index (χ1n) is 4.45. The van der Waals surface area contributed by atoms with Crippen LogP contribution >= 0.6 is 0 Å². The van der Waals surface area contributed by atoms with Crippen molar-refractivity contribution in [3.8, 4) is 0 Å². The Kier molecular flexibility index (Phi) is 5.46. The molecule has 4 heteroatoms. The predicted molar refractivity (Wildman–Crippen MR) is 52.8 cm³/mol. The first-order valence-corrected chi connectivity index (χ1v) is 4.45. The zero-order chi connectivity index (χ0) is 10.4. The molecule has 1 amide bonds. The van der Waals surface area contributed by atoms with Gasteiger partial charge in [-0.05, 0) is 27.4 Å². The fourth-order valence-corrected chi connectivity index (χ4v) is 0.704. The fourth-order valence-electron chi connectivity index (χ4n) is 0.704. The first kappa shape index (κ1) is 12.2. The van der Waals surface area contributed by atoms with Gasteiger partial charge in [-0.2, -0.15) is 0 Å². The Balaban J connectivity index is 3.51. The maximum absolute atomic E-state index is 11.0. The number of carbonyl (C=O) groups excluding carboxylic acids is 1. The molecule has 0 N–H and O–H groups in total. The van der Waals surface area contributed by atoms with E-state index in [-0.39, 0.29) is 6.09 Å². The van der Waals surface area contributed by atoms with Crippen molar-refractivity contribution in [2.45, 2.75) is 19.4 Å². The molecule has 0 aliphatic rings. The molecule has 0 aromatic heterocycles. The lowest BCUT2D eigenvalue weighted by molar-refractivity contribution is 0.109. The summed E-state index contributed by atoms with van der Waals surface area (Å²) in [5.41, 5.74) is 0. The van der Waals surface area contributed by atoms with Gasteiger partial charge in [0, 0.05) is 20.1 Å². The van der Waals surface area contributed by atoms with Gasteiger partial charge in [0.15, 0.2) is 0 Å². The van der Waals surface area contributed by atoms with E-state index in [0.717, 1.165) is 6.42 Å². The van der Waals surface area contributed by atoms with E-state index < -0.39 is 0 Å².